The molecule has 1 rings (SSSR count). The van der Waals surface area contributed by atoms with Crippen LogP contribution >= 0.6 is 0 Å². The van der Waals surface area contributed by atoms with Crippen LogP contribution in [0.1, 0.15) is 12.5 Å². The number of carbonyl (C=O) groups is 1. The highest BCUT2D eigenvalue weighted by Crippen LogP contribution is 2.11. The van der Waals surface area contributed by atoms with E-state index in [1.54, 1.807) is 0 Å². The Morgan fingerprint density at radius 2 is 2.33 bits per heavy atom. The Kier molecular flexibility index (Phi) is 4.12. The van der Waals surface area contributed by atoms with Gasteiger partial charge in [0, 0.05) is 12.2 Å². The van der Waals surface area contributed by atoms with Crippen molar-refractivity contribution in [2.45, 2.75) is 19.4 Å². The van der Waals surface area contributed by atoms with Crippen LogP contribution in [-0.4, -0.2) is 23.7 Å². The number of nitrogens with two attached hydrogens (primary N) is 1. The SMILES string of the molecule is CCNc1cccc(CC(N)C(=O)O)c1. The Balaban J connectivity index is 2.68. The smallest absolute Gasteiger partial charge is 0.320 e. The van der Waals surface area contributed by atoms with E-state index in [2.05, 4.69) is 5.32 Å². The van der Waals surface area contributed by atoms with Gasteiger partial charge < -0.3 is 16.2 Å². The summed E-state index contributed by atoms with van der Waals surface area (Å²) in [6.45, 7) is 2.85. The minimum absolute atomic E-state index is 0.356. The number of anilines is 1. The van der Waals surface area contributed by atoms with Gasteiger partial charge in [-0.2, -0.15) is 0 Å². The topological polar surface area (TPSA) is 75.3 Å². The molecule has 15 heavy (non-hydrogen) atoms. The van der Waals surface area contributed by atoms with E-state index in [0.717, 1.165) is 17.8 Å². The third-order valence-electron chi connectivity index (χ3n) is 2.08. The second kappa shape index (κ2) is 5.36. The van der Waals surface area contributed by atoms with Gasteiger partial charge in [-0.25, -0.2) is 0 Å². The van der Waals surface area contributed by atoms with Gasteiger partial charge in [-0.15, -0.1) is 0 Å². The Labute approximate surface area is 89.1 Å². The summed E-state index contributed by atoms with van der Waals surface area (Å²) in [5.41, 5.74) is 7.38. The number of carboxylic acid groups (broad SMARTS) is 1. The van der Waals surface area contributed by atoms with E-state index in [9.17, 15) is 4.79 Å². The van der Waals surface area contributed by atoms with Gasteiger partial charge in [-0.3, -0.25) is 4.79 Å². The quantitative estimate of drug-likeness (QED) is 0.676. The van der Waals surface area contributed by atoms with E-state index in [0.29, 0.717) is 6.42 Å². The molecule has 4 heteroatoms. The second-order valence-electron chi connectivity index (χ2n) is 3.38. The Morgan fingerprint density at radius 1 is 1.60 bits per heavy atom. The predicted octanol–water partition coefficient (Wildman–Crippen LogP) is 1.07. The first-order valence-electron chi connectivity index (χ1n) is 4.94. The molecular weight excluding hydrogens is 192 g/mol. The molecule has 4 N–H and O–H groups in total. The summed E-state index contributed by atoms with van der Waals surface area (Å²) in [5.74, 6) is -0.969. The lowest BCUT2D eigenvalue weighted by molar-refractivity contribution is -0.138. The molecule has 0 saturated carbocycles. The van der Waals surface area contributed by atoms with Crippen LogP contribution in [0, 0.1) is 0 Å². The van der Waals surface area contributed by atoms with Crippen LogP contribution in [0.3, 0.4) is 0 Å². The summed E-state index contributed by atoms with van der Waals surface area (Å²) in [6.07, 6.45) is 0.356. The van der Waals surface area contributed by atoms with Crippen molar-refractivity contribution < 1.29 is 9.90 Å². The molecule has 4 nitrogen and oxygen atoms in total. The molecule has 0 aliphatic rings. The number of nitrogens with one attached hydrogen (secondary N) is 1. The summed E-state index contributed by atoms with van der Waals surface area (Å²) in [5, 5.41) is 11.8. The highest BCUT2D eigenvalue weighted by atomic mass is 16.4. The molecule has 0 fully saturated rings. The maximum atomic E-state index is 10.6. The van der Waals surface area contributed by atoms with Crippen molar-refractivity contribution in [2.75, 3.05) is 11.9 Å². The number of hydrogen-bond donors (Lipinski definition) is 3. The van der Waals surface area contributed by atoms with Gasteiger partial charge in [-0.1, -0.05) is 12.1 Å². The Bertz CT molecular complexity index is 339. The molecular formula is C11H16N2O2. The summed E-state index contributed by atoms with van der Waals surface area (Å²) < 4.78 is 0. The number of hydrogen-bond acceptors (Lipinski definition) is 3. The van der Waals surface area contributed by atoms with E-state index in [-0.39, 0.29) is 0 Å². The van der Waals surface area contributed by atoms with E-state index >= 15 is 0 Å². The van der Waals surface area contributed by atoms with Crippen LogP contribution in [0.5, 0.6) is 0 Å². The van der Waals surface area contributed by atoms with Gasteiger partial charge in [-0.05, 0) is 31.0 Å². The van der Waals surface area contributed by atoms with Gasteiger partial charge >= 0.3 is 5.97 Å². The first-order valence-corrected chi connectivity index (χ1v) is 4.94. The van der Waals surface area contributed by atoms with Crippen molar-refractivity contribution in [1.82, 2.24) is 0 Å². The molecule has 0 bridgehead atoms. The first-order chi connectivity index (χ1) is 7.13. The van der Waals surface area contributed by atoms with Crippen molar-refractivity contribution in [3.8, 4) is 0 Å². The molecule has 0 radical (unpaired) electrons. The first kappa shape index (κ1) is 11.5. The molecule has 1 aromatic carbocycles. The van der Waals surface area contributed by atoms with Crippen LogP contribution in [-0.2, 0) is 11.2 Å². The van der Waals surface area contributed by atoms with Crippen LogP contribution in [0.15, 0.2) is 24.3 Å². The summed E-state index contributed by atoms with van der Waals surface area (Å²) >= 11 is 0. The molecule has 82 valence electrons. The molecule has 0 aliphatic carbocycles. The zero-order valence-electron chi connectivity index (χ0n) is 8.73. The van der Waals surface area contributed by atoms with E-state index in [4.69, 9.17) is 10.8 Å². The standard InChI is InChI=1S/C11H16N2O2/c1-2-13-9-5-3-4-8(6-9)7-10(12)11(14)15/h3-6,10,13H,2,7,12H2,1H3,(H,14,15). The molecule has 0 amide bonds. The van der Waals surface area contributed by atoms with Crippen molar-refractivity contribution >= 4 is 11.7 Å². The number of carboxylic acids is 1. The highest BCUT2D eigenvalue weighted by molar-refractivity contribution is 5.73. The van der Waals surface area contributed by atoms with Gasteiger partial charge in [0.1, 0.15) is 6.04 Å². The molecule has 0 heterocycles. The van der Waals surface area contributed by atoms with Crippen LogP contribution in [0.2, 0.25) is 0 Å². The minimum Gasteiger partial charge on any atom is -0.480 e. The third-order valence-corrected chi connectivity index (χ3v) is 2.08. The number of benzene rings is 1. The van der Waals surface area contributed by atoms with Gasteiger partial charge in [0.05, 0.1) is 0 Å². The second-order valence-corrected chi connectivity index (χ2v) is 3.38. The fourth-order valence-corrected chi connectivity index (χ4v) is 1.35. The van der Waals surface area contributed by atoms with Gasteiger partial charge in [0.2, 0.25) is 0 Å². The van der Waals surface area contributed by atoms with Crippen LogP contribution in [0.25, 0.3) is 0 Å². The summed E-state index contributed by atoms with van der Waals surface area (Å²) in [7, 11) is 0. The lowest BCUT2D eigenvalue weighted by Crippen LogP contribution is -2.32. The average Bonchev–Trinajstić information content (AvgIpc) is 2.18. The molecule has 0 saturated heterocycles. The Hall–Kier alpha value is -1.55. The maximum absolute atomic E-state index is 10.6. The molecule has 0 aromatic heterocycles. The lowest BCUT2D eigenvalue weighted by atomic mass is 10.1. The van der Waals surface area contributed by atoms with E-state index in [1.807, 2.05) is 31.2 Å². The maximum Gasteiger partial charge on any atom is 0.320 e. The number of rotatable bonds is 5. The molecule has 0 aliphatic heterocycles. The average molecular weight is 208 g/mol. The van der Waals surface area contributed by atoms with Crippen LogP contribution in [0.4, 0.5) is 5.69 Å². The normalized spacial score (nSPS) is 12.1. The molecule has 1 atom stereocenters. The predicted molar refractivity (Wildman–Crippen MR) is 59.9 cm³/mol. The monoisotopic (exact) mass is 208 g/mol. The third kappa shape index (κ3) is 3.59. The lowest BCUT2D eigenvalue weighted by Gasteiger charge is -2.08. The summed E-state index contributed by atoms with van der Waals surface area (Å²) in [4.78, 5) is 10.6. The zero-order valence-corrected chi connectivity index (χ0v) is 8.73. The highest BCUT2D eigenvalue weighted by Gasteiger charge is 2.11. The van der Waals surface area contributed by atoms with Crippen molar-refractivity contribution in [1.29, 1.82) is 0 Å². The number of aliphatic carboxylic acids is 1. The minimum atomic E-state index is -0.969. The Morgan fingerprint density at radius 3 is 2.93 bits per heavy atom. The van der Waals surface area contributed by atoms with Gasteiger partial charge in [0.25, 0.3) is 0 Å². The molecule has 1 unspecified atom stereocenters. The largest absolute Gasteiger partial charge is 0.480 e. The summed E-state index contributed by atoms with van der Waals surface area (Å²) in [6, 6.07) is 6.80. The van der Waals surface area contributed by atoms with Crippen molar-refractivity contribution in [3.63, 3.8) is 0 Å². The molecule has 1 aromatic rings. The van der Waals surface area contributed by atoms with Crippen molar-refractivity contribution in [3.05, 3.63) is 29.8 Å². The van der Waals surface area contributed by atoms with E-state index < -0.39 is 12.0 Å². The van der Waals surface area contributed by atoms with E-state index in [1.165, 1.54) is 0 Å². The fraction of sp³-hybridized carbons (Fsp3) is 0.364. The zero-order chi connectivity index (χ0) is 11.3. The van der Waals surface area contributed by atoms with Gasteiger partial charge in [0.15, 0.2) is 0 Å². The van der Waals surface area contributed by atoms with Crippen LogP contribution < -0.4 is 11.1 Å². The fourth-order valence-electron chi connectivity index (χ4n) is 1.35. The molecule has 0 spiro atoms. The van der Waals surface area contributed by atoms with Crippen molar-refractivity contribution in [2.24, 2.45) is 5.73 Å².